The molecule has 2 fully saturated rings. The topological polar surface area (TPSA) is 29.5 Å². The molecule has 1 aliphatic carbocycles. The minimum atomic E-state index is -0.203. The Hall–Kier alpha value is -1.03. The molecule has 16 heavy (non-hydrogen) atoms. The summed E-state index contributed by atoms with van der Waals surface area (Å²) < 4.78 is 6.15. The molecule has 3 rings (SSSR count). The van der Waals surface area contributed by atoms with Crippen LogP contribution in [0.1, 0.15) is 19.3 Å². The molecule has 0 bridgehead atoms. The second kappa shape index (κ2) is 3.48. The van der Waals surface area contributed by atoms with Gasteiger partial charge in [0.25, 0.3) is 0 Å². The molecule has 84 valence electrons. The van der Waals surface area contributed by atoms with E-state index in [2.05, 4.69) is 15.9 Å². The fraction of sp³-hybridized carbons (Fsp3) is 0.417. The first-order valence-electron chi connectivity index (χ1n) is 5.44. The van der Waals surface area contributed by atoms with Crippen molar-refractivity contribution in [1.82, 2.24) is 0 Å². The lowest BCUT2D eigenvalue weighted by molar-refractivity contribution is 0.126. The molecule has 1 aliphatic heterocycles. The number of carbonyl (C=O) groups excluding carboxylic acids is 1. The van der Waals surface area contributed by atoms with Gasteiger partial charge in [0.15, 0.2) is 0 Å². The van der Waals surface area contributed by atoms with Crippen molar-refractivity contribution in [2.75, 3.05) is 11.5 Å². The number of hydrogen-bond donors (Lipinski definition) is 0. The number of anilines is 1. The molecule has 1 heterocycles. The van der Waals surface area contributed by atoms with Gasteiger partial charge in [0.1, 0.15) is 0 Å². The summed E-state index contributed by atoms with van der Waals surface area (Å²) in [5, 5.41) is 0. The van der Waals surface area contributed by atoms with E-state index in [9.17, 15) is 4.79 Å². The standard InChI is InChI=1S/C12H12BrNO2/c13-9-1-3-10(4-2-9)14-11(15)16-8-7-12(14)5-6-12/h1-4H,5-8H2. The molecular weight excluding hydrogens is 270 g/mol. The molecule has 1 amide bonds. The van der Waals surface area contributed by atoms with E-state index in [1.54, 1.807) is 0 Å². The number of rotatable bonds is 1. The lowest BCUT2D eigenvalue weighted by atomic mass is 10.1. The number of halogens is 1. The zero-order valence-electron chi connectivity index (χ0n) is 8.78. The average Bonchev–Trinajstić information content (AvgIpc) is 3.01. The van der Waals surface area contributed by atoms with E-state index in [0.29, 0.717) is 6.61 Å². The van der Waals surface area contributed by atoms with Gasteiger partial charge in [-0.05, 0) is 37.1 Å². The predicted octanol–water partition coefficient (Wildman–Crippen LogP) is 3.33. The van der Waals surface area contributed by atoms with Crippen LogP contribution in [-0.2, 0) is 4.74 Å². The van der Waals surface area contributed by atoms with Crippen LogP contribution in [0.3, 0.4) is 0 Å². The van der Waals surface area contributed by atoms with E-state index in [1.165, 1.54) is 0 Å². The van der Waals surface area contributed by atoms with E-state index in [-0.39, 0.29) is 11.6 Å². The van der Waals surface area contributed by atoms with Gasteiger partial charge in [0, 0.05) is 16.6 Å². The summed E-state index contributed by atoms with van der Waals surface area (Å²) >= 11 is 3.39. The molecule has 0 atom stereocenters. The summed E-state index contributed by atoms with van der Waals surface area (Å²) in [6, 6.07) is 7.81. The Labute approximate surface area is 103 Å². The van der Waals surface area contributed by atoms with Crippen LogP contribution in [0.25, 0.3) is 0 Å². The Morgan fingerprint density at radius 3 is 2.50 bits per heavy atom. The zero-order chi connectivity index (χ0) is 11.2. The van der Waals surface area contributed by atoms with Crippen molar-refractivity contribution in [3.8, 4) is 0 Å². The minimum absolute atomic E-state index is 0.0587. The van der Waals surface area contributed by atoms with Crippen LogP contribution in [0.2, 0.25) is 0 Å². The third-order valence-corrected chi connectivity index (χ3v) is 3.89. The molecule has 1 saturated heterocycles. The minimum Gasteiger partial charge on any atom is -0.449 e. The Kier molecular flexibility index (Phi) is 2.21. The second-order valence-corrected chi connectivity index (χ2v) is 5.32. The zero-order valence-corrected chi connectivity index (χ0v) is 10.4. The smallest absolute Gasteiger partial charge is 0.414 e. The Bertz CT molecular complexity index is 425. The first-order valence-corrected chi connectivity index (χ1v) is 6.23. The summed E-state index contributed by atoms with van der Waals surface area (Å²) in [5.41, 5.74) is 0.994. The molecule has 1 saturated carbocycles. The molecule has 2 aliphatic rings. The monoisotopic (exact) mass is 281 g/mol. The van der Waals surface area contributed by atoms with Crippen LogP contribution in [0, 0.1) is 0 Å². The molecule has 0 radical (unpaired) electrons. The fourth-order valence-electron chi connectivity index (χ4n) is 2.29. The number of benzene rings is 1. The molecule has 1 aromatic rings. The summed E-state index contributed by atoms with van der Waals surface area (Å²) in [6.45, 7) is 0.561. The van der Waals surface area contributed by atoms with Crippen molar-refractivity contribution in [2.45, 2.75) is 24.8 Å². The van der Waals surface area contributed by atoms with Gasteiger partial charge < -0.3 is 4.74 Å². The van der Waals surface area contributed by atoms with E-state index >= 15 is 0 Å². The van der Waals surface area contributed by atoms with Gasteiger partial charge in [-0.25, -0.2) is 4.79 Å². The lowest BCUT2D eigenvalue weighted by Gasteiger charge is -2.35. The number of amides is 1. The van der Waals surface area contributed by atoms with Gasteiger partial charge in [-0.3, -0.25) is 4.90 Å². The van der Waals surface area contributed by atoms with Crippen molar-refractivity contribution in [1.29, 1.82) is 0 Å². The predicted molar refractivity (Wildman–Crippen MR) is 64.6 cm³/mol. The average molecular weight is 282 g/mol. The van der Waals surface area contributed by atoms with E-state index in [4.69, 9.17) is 4.74 Å². The Morgan fingerprint density at radius 2 is 1.88 bits per heavy atom. The first kappa shape index (κ1) is 10.1. The van der Waals surface area contributed by atoms with Crippen molar-refractivity contribution >= 4 is 27.7 Å². The lowest BCUT2D eigenvalue weighted by Crippen LogP contribution is -2.47. The highest BCUT2D eigenvalue weighted by Gasteiger charge is 2.53. The number of cyclic esters (lactones) is 1. The van der Waals surface area contributed by atoms with E-state index < -0.39 is 0 Å². The summed E-state index contributed by atoms with van der Waals surface area (Å²) in [4.78, 5) is 13.6. The quantitative estimate of drug-likeness (QED) is 0.790. The van der Waals surface area contributed by atoms with Gasteiger partial charge >= 0.3 is 6.09 Å². The number of nitrogens with zero attached hydrogens (tertiary/aromatic N) is 1. The van der Waals surface area contributed by atoms with Crippen molar-refractivity contribution in [2.24, 2.45) is 0 Å². The maximum absolute atomic E-state index is 11.8. The van der Waals surface area contributed by atoms with Crippen molar-refractivity contribution in [3.63, 3.8) is 0 Å². The van der Waals surface area contributed by atoms with Gasteiger partial charge in [-0.1, -0.05) is 15.9 Å². The molecule has 0 N–H and O–H groups in total. The van der Waals surface area contributed by atoms with Crippen LogP contribution >= 0.6 is 15.9 Å². The summed E-state index contributed by atoms with van der Waals surface area (Å²) in [7, 11) is 0. The maximum atomic E-state index is 11.8. The fourth-order valence-corrected chi connectivity index (χ4v) is 2.55. The van der Waals surface area contributed by atoms with Gasteiger partial charge in [-0.2, -0.15) is 0 Å². The normalized spacial score (nSPS) is 22.1. The highest BCUT2D eigenvalue weighted by atomic mass is 79.9. The highest BCUT2D eigenvalue weighted by molar-refractivity contribution is 9.10. The molecule has 0 unspecified atom stereocenters. The molecule has 4 heteroatoms. The highest BCUT2D eigenvalue weighted by Crippen LogP contribution is 2.49. The number of hydrogen-bond acceptors (Lipinski definition) is 2. The molecule has 3 nitrogen and oxygen atoms in total. The molecular formula is C12H12BrNO2. The summed E-state index contributed by atoms with van der Waals surface area (Å²) in [6.07, 6.45) is 2.94. The molecule has 1 spiro atoms. The largest absolute Gasteiger partial charge is 0.449 e. The number of carbonyl (C=O) groups is 1. The SMILES string of the molecule is O=C1OCCC2(CC2)N1c1ccc(Br)cc1. The third kappa shape index (κ3) is 1.52. The third-order valence-electron chi connectivity index (χ3n) is 3.36. The molecule has 0 aromatic heterocycles. The van der Waals surface area contributed by atoms with Crippen LogP contribution < -0.4 is 4.90 Å². The number of ether oxygens (including phenoxy) is 1. The van der Waals surface area contributed by atoms with Crippen LogP contribution in [-0.4, -0.2) is 18.2 Å². The maximum Gasteiger partial charge on any atom is 0.414 e. The van der Waals surface area contributed by atoms with Crippen LogP contribution in [0.4, 0.5) is 10.5 Å². The summed E-state index contributed by atoms with van der Waals surface area (Å²) in [5.74, 6) is 0. The van der Waals surface area contributed by atoms with Gasteiger partial charge in [0.05, 0.1) is 12.1 Å². The van der Waals surface area contributed by atoms with E-state index in [1.807, 2.05) is 29.2 Å². The van der Waals surface area contributed by atoms with Gasteiger partial charge in [-0.15, -0.1) is 0 Å². The first-order chi connectivity index (χ1) is 7.71. The van der Waals surface area contributed by atoms with Crippen molar-refractivity contribution in [3.05, 3.63) is 28.7 Å². The Balaban J connectivity index is 1.97. The van der Waals surface area contributed by atoms with Crippen molar-refractivity contribution < 1.29 is 9.53 Å². The van der Waals surface area contributed by atoms with Gasteiger partial charge in [0.2, 0.25) is 0 Å². The van der Waals surface area contributed by atoms with E-state index in [0.717, 1.165) is 29.4 Å². The van der Waals surface area contributed by atoms with Crippen LogP contribution in [0.15, 0.2) is 28.7 Å². The second-order valence-electron chi connectivity index (χ2n) is 4.40. The molecule has 1 aromatic carbocycles. The Morgan fingerprint density at radius 1 is 1.19 bits per heavy atom. The van der Waals surface area contributed by atoms with Crippen LogP contribution in [0.5, 0.6) is 0 Å².